The lowest BCUT2D eigenvalue weighted by Gasteiger charge is -2.19. The molecule has 0 bridgehead atoms. The minimum absolute atomic E-state index is 0.205. The predicted molar refractivity (Wildman–Crippen MR) is 93.4 cm³/mol. The van der Waals surface area contributed by atoms with Gasteiger partial charge in [-0.1, -0.05) is 23.2 Å². The smallest absolute Gasteiger partial charge is 0.201 e. The van der Waals surface area contributed by atoms with Crippen LogP contribution in [0.15, 0.2) is 51.3 Å². The Kier molecular flexibility index (Phi) is 3.65. The fourth-order valence-electron chi connectivity index (χ4n) is 2.43. The van der Waals surface area contributed by atoms with Crippen molar-refractivity contribution in [2.75, 3.05) is 0 Å². The summed E-state index contributed by atoms with van der Waals surface area (Å²) in [6, 6.07) is 10.0. The van der Waals surface area contributed by atoms with Crippen molar-refractivity contribution >= 4 is 45.0 Å². The second-order valence-electron chi connectivity index (χ2n) is 5.23. The summed E-state index contributed by atoms with van der Waals surface area (Å²) in [5, 5.41) is 9.44. The average molecular weight is 398 g/mol. The summed E-state index contributed by atoms with van der Waals surface area (Å²) in [5.41, 5.74) is 1.32. The molecular formula is C15H9Cl2N3O2S2. The van der Waals surface area contributed by atoms with Crippen LogP contribution in [0.4, 0.5) is 0 Å². The number of aryl methyl sites for hydroxylation is 1. The summed E-state index contributed by atoms with van der Waals surface area (Å²) in [6.45, 7) is 1.77. The Morgan fingerprint density at radius 3 is 2.50 bits per heavy atom. The number of hydrogen-bond donors (Lipinski definition) is 0. The van der Waals surface area contributed by atoms with Crippen LogP contribution in [0.2, 0.25) is 10.0 Å². The van der Waals surface area contributed by atoms with E-state index < -0.39 is 10.0 Å². The minimum Gasteiger partial charge on any atom is -0.201 e. The number of rotatable bonds is 1. The van der Waals surface area contributed by atoms with E-state index in [2.05, 4.69) is 10.2 Å². The number of halogens is 2. The van der Waals surface area contributed by atoms with E-state index in [0.717, 1.165) is 3.97 Å². The van der Waals surface area contributed by atoms with Crippen LogP contribution in [-0.2, 0) is 10.0 Å². The van der Waals surface area contributed by atoms with Crippen molar-refractivity contribution in [2.24, 2.45) is 0 Å². The molecule has 0 spiro atoms. The SMILES string of the molecule is Cc1cc2c(cc1Cl)Sc1nnc(-c3ccc(Cl)cc3)n1S2(=O)=O. The third kappa shape index (κ3) is 2.35. The maximum absolute atomic E-state index is 13.1. The van der Waals surface area contributed by atoms with Gasteiger partial charge in [0.2, 0.25) is 5.16 Å². The second kappa shape index (κ2) is 5.49. The van der Waals surface area contributed by atoms with E-state index in [-0.39, 0.29) is 15.9 Å². The molecule has 1 aliphatic heterocycles. The molecule has 122 valence electrons. The Labute approximate surface area is 152 Å². The van der Waals surface area contributed by atoms with Crippen molar-refractivity contribution in [2.45, 2.75) is 21.9 Å². The molecule has 0 fully saturated rings. The van der Waals surface area contributed by atoms with Crippen molar-refractivity contribution < 1.29 is 8.42 Å². The predicted octanol–water partition coefficient (Wildman–Crippen LogP) is 4.26. The van der Waals surface area contributed by atoms with Gasteiger partial charge in [0.05, 0.1) is 0 Å². The molecule has 3 aromatic rings. The molecule has 0 saturated heterocycles. The molecule has 0 atom stereocenters. The van der Waals surface area contributed by atoms with Crippen molar-refractivity contribution in [3.63, 3.8) is 0 Å². The lowest BCUT2D eigenvalue weighted by atomic mass is 10.2. The molecule has 0 unspecified atom stereocenters. The molecule has 4 rings (SSSR count). The molecule has 1 aromatic heterocycles. The van der Waals surface area contributed by atoms with Crippen LogP contribution in [0.3, 0.4) is 0 Å². The monoisotopic (exact) mass is 397 g/mol. The summed E-state index contributed by atoms with van der Waals surface area (Å²) in [6.07, 6.45) is 0. The van der Waals surface area contributed by atoms with Crippen LogP contribution in [0.1, 0.15) is 5.56 Å². The molecule has 9 heteroatoms. The van der Waals surface area contributed by atoms with Gasteiger partial charge in [-0.15, -0.1) is 10.2 Å². The van der Waals surface area contributed by atoms with Gasteiger partial charge in [-0.2, -0.15) is 3.97 Å². The third-order valence-electron chi connectivity index (χ3n) is 3.64. The molecule has 5 nitrogen and oxygen atoms in total. The van der Waals surface area contributed by atoms with E-state index in [1.807, 2.05) is 0 Å². The molecule has 1 aliphatic rings. The zero-order valence-corrected chi connectivity index (χ0v) is 15.3. The van der Waals surface area contributed by atoms with Crippen molar-refractivity contribution in [1.82, 2.24) is 14.2 Å². The quantitative estimate of drug-likeness (QED) is 0.479. The first-order valence-electron chi connectivity index (χ1n) is 6.83. The van der Waals surface area contributed by atoms with E-state index in [9.17, 15) is 8.42 Å². The van der Waals surface area contributed by atoms with Gasteiger partial charge in [0.25, 0.3) is 10.0 Å². The van der Waals surface area contributed by atoms with Gasteiger partial charge in [-0.25, -0.2) is 8.42 Å². The number of benzene rings is 2. The van der Waals surface area contributed by atoms with Gasteiger partial charge in [0.15, 0.2) is 5.82 Å². The number of aromatic nitrogens is 3. The first-order chi connectivity index (χ1) is 11.4. The minimum atomic E-state index is -3.81. The molecule has 0 saturated carbocycles. The summed E-state index contributed by atoms with van der Waals surface area (Å²) in [4.78, 5) is 0.755. The van der Waals surface area contributed by atoms with Crippen molar-refractivity contribution in [3.8, 4) is 11.4 Å². The Hall–Kier alpha value is -1.54. The molecule has 2 heterocycles. The summed E-state index contributed by atoms with van der Waals surface area (Å²) in [7, 11) is -3.81. The van der Waals surface area contributed by atoms with Gasteiger partial charge < -0.3 is 0 Å². The fraction of sp³-hybridized carbons (Fsp3) is 0.0667. The van der Waals surface area contributed by atoms with Gasteiger partial charge in [0, 0.05) is 20.5 Å². The van der Waals surface area contributed by atoms with Gasteiger partial charge in [0.1, 0.15) is 4.90 Å². The molecule has 0 aliphatic carbocycles. The standard InChI is InChI=1S/C15H9Cl2N3O2S2/c1-8-6-13-12(7-11(8)17)23-15-19-18-14(20(15)24(13,21)22)9-2-4-10(16)5-3-9/h2-7H,1H3. The fourth-order valence-corrected chi connectivity index (χ4v) is 5.86. The molecule has 0 N–H and O–H groups in total. The molecule has 0 radical (unpaired) electrons. The van der Waals surface area contributed by atoms with E-state index in [0.29, 0.717) is 26.1 Å². The van der Waals surface area contributed by atoms with Crippen LogP contribution >= 0.6 is 35.0 Å². The van der Waals surface area contributed by atoms with Crippen LogP contribution in [0.25, 0.3) is 11.4 Å². The first-order valence-corrected chi connectivity index (χ1v) is 9.84. The topological polar surface area (TPSA) is 64.8 Å². The average Bonchev–Trinajstić information content (AvgIpc) is 2.95. The number of fused-ring (bicyclic) bond motifs is 2. The Morgan fingerprint density at radius 2 is 1.79 bits per heavy atom. The summed E-state index contributed by atoms with van der Waals surface area (Å²) >= 11 is 13.2. The maximum atomic E-state index is 13.1. The van der Waals surface area contributed by atoms with E-state index in [1.165, 1.54) is 11.8 Å². The summed E-state index contributed by atoms with van der Waals surface area (Å²) < 4.78 is 27.3. The Balaban J connectivity index is 1.96. The molecule has 2 aromatic carbocycles. The maximum Gasteiger partial charge on any atom is 0.272 e. The van der Waals surface area contributed by atoms with Crippen LogP contribution < -0.4 is 0 Å². The highest BCUT2D eigenvalue weighted by Crippen LogP contribution is 2.43. The lowest BCUT2D eigenvalue weighted by molar-refractivity contribution is 0.578. The number of hydrogen-bond acceptors (Lipinski definition) is 5. The molecule has 0 amide bonds. The van der Waals surface area contributed by atoms with E-state index in [1.54, 1.807) is 43.3 Å². The second-order valence-corrected chi connectivity index (χ2v) is 8.84. The molecular weight excluding hydrogens is 389 g/mol. The highest BCUT2D eigenvalue weighted by atomic mass is 35.5. The highest BCUT2D eigenvalue weighted by Gasteiger charge is 2.34. The largest absolute Gasteiger partial charge is 0.272 e. The van der Waals surface area contributed by atoms with Gasteiger partial charge in [-0.3, -0.25) is 0 Å². The lowest BCUT2D eigenvalue weighted by Crippen LogP contribution is -2.19. The Bertz CT molecular complexity index is 1080. The third-order valence-corrected chi connectivity index (χ3v) is 7.27. The first kappa shape index (κ1) is 16.0. The van der Waals surface area contributed by atoms with Crippen LogP contribution in [-0.4, -0.2) is 22.6 Å². The normalized spacial score (nSPS) is 15.0. The highest BCUT2D eigenvalue weighted by molar-refractivity contribution is 8.01. The van der Waals surface area contributed by atoms with E-state index >= 15 is 0 Å². The van der Waals surface area contributed by atoms with Crippen LogP contribution in [0.5, 0.6) is 0 Å². The van der Waals surface area contributed by atoms with Gasteiger partial charge >= 0.3 is 0 Å². The number of nitrogens with zero attached hydrogens (tertiary/aromatic N) is 3. The molecule has 24 heavy (non-hydrogen) atoms. The van der Waals surface area contributed by atoms with Crippen molar-refractivity contribution in [3.05, 3.63) is 52.0 Å². The zero-order valence-electron chi connectivity index (χ0n) is 12.2. The van der Waals surface area contributed by atoms with Crippen LogP contribution in [0, 0.1) is 6.92 Å². The Morgan fingerprint density at radius 1 is 1.08 bits per heavy atom. The summed E-state index contributed by atoms with van der Waals surface area (Å²) in [5.74, 6) is 0.257. The van der Waals surface area contributed by atoms with E-state index in [4.69, 9.17) is 23.2 Å². The van der Waals surface area contributed by atoms with Crippen molar-refractivity contribution in [1.29, 1.82) is 0 Å². The van der Waals surface area contributed by atoms with Gasteiger partial charge in [-0.05, 0) is 60.6 Å². The zero-order chi connectivity index (χ0) is 17.1.